The van der Waals surface area contributed by atoms with Crippen LogP contribution in [-0.4, -0.2) is 17.7 Å². The van der Waals surface area contributed by atoms with Crippen LogP contribution in [0.1, 0.15) is 6.92 Å². The van der Waals surface area contributed by atoms with Crippen LogP contribution < -0.4 is 0 Å². The number of rotatable bonds is 0. The zero-order valence-corrected chi connectivity index (χ0v) is 7.12. The van der Waals surface area contributed by atoms with Crippen LogP contribution >= 0.6 is 0 Å². The van der Waals surface area contributed by atoms with Crippen molar-refractivity contribution in [3.05, 3.63) is 35.6 Å². The maximum Gasteiger partial charge on any atom is 0.189 e. The number of carbonyl (C=O) groups excluding carboxylic acids is 1. The van der Waals surface area contributed by atoms with Gasteiger partial charge in [-0.3, -0.25) is 9.79 Å². The van der Waals surface area contributed by atoms with Gasteiger partial charge in [-0.05, 0) is 18.6 Å². The molecule has 13 heavy (non-hydrogen) atoms. The molecule has 1 aliphatic heterocycles. The molecule has 0 aromatic rings. The summed E-state index contributed by atoms with van der Waals surface area (Å²) in [5.74, 6) is -0.170. The minimum atomic E-state index is -1.23. The third-order valence-corrected chi connectivity index (χ3v) is 2.13. The summed E-state index contributed by atoms with van der Waals surface area (Å²) in [6.07, 6.45) is 4.71. The predicted octanol–water partition coefficient (Wildman–Crippen LogP) is 1.75. The van der Waals surface area contributed by atoms with Crippen molar-refractivity contribution >= 4 is 11.5 Å². The topological polar surface area (TPSA) is 29.4 Å². The second kappa shape index (κ2) is 2.76. The number of fused-ring (bicyclic) bond motifs is 1. The molecule has 0 fully saturated rings. The van der Waals surface area contributed by atoms with E-state index in [0.29, 0.717) is 11.1 Å². The molecular weight excluding hydrogens is 169 g/mol. The van der Waals surface area contributed by atoms with Gasteiger partial charge in [0.1, 0.15) is 0 Å². The standard InChI is InChI=1S/C10H8FNO/c1-6-2-3-7-8(13)4-5-12-10(7)9(6)11/h2-5,9H,1H3. The highest BCUT2D eigenvalue weighted by Crippen LogP contribution is 2.22. The van der Waals surface area contributed by atoms with E-state index in [-0.39, 0.29) is 11.5 Å². The largest absolute Gasteiger partial charge is 0.289 e. The SMILES string of the molecule is CC1=CC=C2C(=O)C=CN=C2C1F. The van der Waals surface area contributed by atoms with Crippen molar-refractivity contribution in [2.24, 2.45) is 4.99 Å². The summed E-state index contributed by atoms with van der Waals surface area (Å²) in [5, 5.41) is 0. The van der Waals surface area contributed by atoms with Crippen molar-refractivity contribution in [2.45, 2.75) is 13.1 Å². The first-order valence-corrected chi connectivity index (χ1v) is 4.01. The molecular formula is C10H8FNO. The number of aliphatic imine (C=N–C) groups is 1. The summed E-state index contributed by atoms with van der Waals surface area (Å²) >= 11 is 0. The van der Waals surface area contributed by atoms with Crippen LogP contribution in [0, 0.1) is 0 Å². The first kappa shape index (κ1) is 8.10. The molecule has 0 saturated heterocycles. The minimum Gasteiger partial charge on any atom is -0.289 e. The highest BCUT2D eigenvalue weighted by atomic mass is 19.1. The van der Waals surface area contributed by atoms with Gasteiger partial charge in [-0.1, -0.05) is 6.08 Å². The molecule has 0 N–H and O–H groups in total. The van der Waals surface area contributed by atoms with Gasteiger partial charge in [-0.25, -0.2) is 4.39 Å². The van der Waals surface area contributed by atoms with Crippen molar-refractivity contribution in [3.8, 4) is 0 Å². The monoisotopic (exact) mass is 177 g/mol. The Balaban J connectivity index is 2.52. The molecule has 2 rings (SSSR count). The lowest BCUT2D eigenvalue weighted by Gasteiger charge is -2.18. The normalized spacial score (nSPS) is 26.2. The van der Waals surface area contributed by atoms with Gasteiger partial charge in [0, 0.05) is 17.8 Å². The van der Waals surface area contributed by atoms with E-state index in [9.17, 15) is 9.18 Å². The number of ketones is 1. The van der Waals surface area contributed by atoms with Crippen molar-refractivity contribution in [1.82, 2.24) is 0 Å². The zero-order chi connectivity index (χ0) is 9.42. The molecule has 1 aliphatic carbocycles. The molecule has 2 nitrogen and oxygen atoms in total. The fourth-order valence-electron chi connectivity index (χ4n) is 1.36. The van der Waals surface area contributed by atoms with Gasteiger partial charge in [-0.15, -0.1) is 0 Å². The molecule has 0 aromatic carbocycles. The number of halogens is 1. The second-order valence-electron chi connectivity index (χ2n) is 3.05. The molecule has 0 spiro atoms. The van der Waals surface area contributed by atoms with Crippen molar-refractivity contribution in [2.75, 3.05) is 0 Å². The number of hydrogen-bond donors (Lipinski definition) is 0. The third-order valence-electron chi connectivity index (χ3n) is 2.13. The number of nitrogens with zero attached hydrogens (tertiary/aromatic N) is 1. The number of hydrogen-bond acceptors (Lipinski definition) is 2. The second-order valence-corrected chi connectivity index (χ2v) is 3.05. The van der Waals surface area contributed by atoms with E-state index in [1.165, 1.54) is 12.3 Å². The summed E-state index contributed by atoms with van der Waals surface area (Å²) < 4.78 is 13.5. The van der Waals surface area contributed by atoms with Crippen LogP contribution in [0.4, 0.5) is 4.39 Å². The number of carbonyl (C=O) groups is 1. The van der Waals surface area contributed by atoms with E-state index >= 15 is 0 Å². The Morgan fingerprint density at radius 1 is 1.46 bits per heavy atom. The molecule has 2 aliphatic rings. The fraction of sp³-hybridized carbons (Fsp3) is 0.200. The Morgan fingerprint density at radius 3 is 3.00 bits per heavy atom. The Kier molecular flexibility index (Phi) is 1.72. The van der Waals surface area contributed by atoms with Crippen molar-refractivity contribution < 1.29 is 9.18 Å². The first-order valence-electron chi connectivity index (χ1n) is 4.01. The third kappa shape index (κ3) is 1.16. The average molecular weight is 177 g/mol. The summed E-state index contributed by atoms with van der Waals surface area (Å²) in [7, 11) is 0. The summed E-state index contributed by atoms with van der Waals surface area (Å²) in [5.41, 5.74) is 1.21. The van der Waals surface area contributed by atoms with E-state index in [2.05, 4.69) is 4.99 Å². The van der Waals surface area contributed by atoms with E-state index < -0.39 is 6.17 Å². The maximum absolute atomic E-state index is 13.5. The van der Waals surface area contributed by atoms with Crippen LogP contribution in [0.3, 0.4) is 0 Å². The van der Waals surface area contributed by atoms with E-state index in [1.807, 2.05) is 0 Å². The van der Waals surface area contributed by atoms with Gasteiger partial charge < -0.3 is 0 Å². The van der Waals surface area contributed by atoms with Gasteiger partial charge in [-0.2, -0.15) is 0 Å². The number of alkyl halides is 1. The van der Waals surface area contributed by atoms with Crippen LogP contribution in [0.25, 0.3) is 0 Å². The highest BCUT2D eigenvalue weighted by Gasteiger charge is 2.27. The maximum atomic E-state index is 13.5. The van der Waals surface area contributed by atoms with Crippen LogP contribution in [0.15, 0.2) is 40.6 Å². The molecule has 0 radical (unpaired) electrons. The molecule has 0 saturated carbocycles. The summed E-state index contributed by atoms with van der Waals surface area (Å²) in [6, 6.07) is 0. The van der Waals surface area contributed by atoms with Crippen molar-refractivity contribution in [1.29, 1.82) is 0 Å². The zero-order valence-electron chi connectivity index (χ0n) is 7.12. The lowest BCUT2D eigenvalue weighted by atomic mass is 9.91. The van der Waals surface area contributed by atoms with Gasteiger partial charge in [0.05, 0.1) is 5.71 Å². The lowest BCUT2D eigenvalue weighted by molar-refractivity contribution is -0.111. The number of allylic oxidation sites excluding steroid dienone is 5. The van der Waals surface area contributed by atoms with E-state index in [0.717, 1.165) is 0 Å². The Bertz CT molecular complexity index is 388. The quantitative estimate of drug-likeness (QED) is 0.554. The van der Waals surface area contributed by atoms with Crippen LogP contribution in [0.2, 0.25) is 0 Å². The minimum absolute atomic E-state index is 0.170. The van der Waals surface area contributed by atoms with Gasteiger partial charge in [0.15, 0.2) is 12.0 Å². The van der Waals surface area contributed by atoms with Crippen LogP contribution in [-0.2, 0) is 4.79 Å². The van der Waals surface area contributed by atoms with Gasteiger partial charge in [0.25, 0.3) is 0 Å². The molecule has 1 unspecified atom stereocenters. The first-order chi connectivity index (χ1) is 6.20. The summed E-state index contributed by atoms with van der Waals surface area (Å²) in [6.45, 7) is 1.68. The Morgan fingerprint density at radius 2 is 2.23 bits per heavy atom. The predicted molar refractivity (Wildman–Crippen MR) is 48.3 cm³/mol. The molecule has 0 aromatic heterocycles. The Labute approximate surface area is 75.2 Å². The molecule has 0 bridgehead atoms. The smallest absolute Gasteiger partial charge is 0.189 e. The van der Waals surface area contributed by atoms with E-state index in [1.54, 1.807) is 19.1 Å². The average Bonchev–Trinajstić information content (AvgIpc) is 2.12. The fourth-order valence-corrected chi connectivity index (χ4v) is 1.36. The molecule has 1 heterocycles. The van der Waals surface area contributed by atoms with Crippen LogP contribution in [0.5, 0.6) is 0 Å². The highest BCUT2D eigenvalue weighted by molar-refractivity contribution is 6.29. The Hall–Kier alpha value is -1.51. The summed E-state index contributed by atoms with van der Waals surface area (Å²) in [4.78, 5) is 15.1. The molecule has 3 heteroatoms. The van der Waals surface area contributed by atoms with Crippen molar-refractivity contribution in [3.63, 3.8) is 0 Å². The molecule has 0 amide bonds. The lowest BCUT2D eigenvalue weighted by Crippen LogP contribution is -2.27. The molecule has 1 atom stereocenters. The van der Waals surface area contributed by atoms with E-state index in [4.69, 9.17) is 0 Å². The van der Waals surface area contributed by atoms with Gasteiger partial charge >= 0.3 is 0 Å². The van der Waals surface area contributed by atoms with Gasteiger partial charge in [0.2, 0.25) is 0 Å². The molecule has 66 valence electrons.